The fraction of sp³-hybridized carbons (Fsp3) is 0.635. The number of alkyl halides is 1. The van der Waals surface area contributed by atoms with Crippen LogP contribution in [-0.4, -0.2) is 151 Å². The van der Waals surface area contributed by atoms with Crippen LogP contribution in [-0.2, 0) is 33.7 Å². The Bertz CT molecular complexity index is 2830. The summed E-state index contributed by atoms with van der Waals surface area (Å²) in [4.78, 5) is 74.4. The topological polar surface area (TPSA) is 258 Å². The summed E-state index contributed by atoms with van der Waals surface area (Å²) in [5, 5.41) is 22.0. The predicted octanol–water partition coefficient (Wildman–Crippen LogP) is 16.2. The molecule has 0 saturated carbocycles. The molecule has 7 rings (SSSR count). The minimum absolute atomic E-state index is 0. The molecule has 26 heteroatoms. The first-order valence-corrected chi connectivity index (χ1v) is 40.2. The molecule has 498 valence electrons. The maximum absolute atomic E-state index is 12.0. The Labute approximate surface area is 571 Å². The molecule has 0 bridgehead atoms. The van der Waals surface area contributed by atoms with Crippen molar-refractivity contribution in [3.63, 3.8) is 0 Å². The van der Waals surface area contributed by atoms with Gasteiger partial charge in [0.25, 0.3) is 0 Å². The second kappa shape index (κ2) is 35.9. The number of halogens is 3. The van der Waals surface area contributed by atoms with Crippen LogP contribution in [0.4, 0.5) is 36.2 Å². The molecule has 4 amide bonds. The first-order chi connectivity index (χ1) is 40.3. The summed E-state index contributed by atoms with van der Waals surface area (Å²) in [5.74, 6) is 1.72. The van der Waals surface area contributed by atoms with Crippen LogP contribution >= 0.6 is 58.3 Å². The summed E-state index contributed by atoms with van der Waals surface area (Å²) in [6, 6.07) is 10.4. The van der Waals surface area contributed by atoms with E-state index in [0.717, 1.165) is 58.7 Å². The van der Waals surface area contributed by atoms with Crippen molar-refractivity contribution in [2.24, 2.45) is 0 Å². The summed E-state index contributed by atoms with van der Waals surface area (Å²) in [7, 11) is 0. The van der Waals surface area contributed by atoms with E-state index in [1.807, 2.05) is 157 Å². The number of likely N-dealkylation sites (tertiary alicyclic amines) is 4. The molecular formula is C63H98BrI2N7O15Zn. The van der Waals surface area contributed by atoms with Crippen molar-refractivity contribution < 1.29 is 77.0 Å². The Morgan fingerprint density at radius 2 is 0.831 bits per heavy atom. The van der Waals surface area contributed by atoms with Gasteiger partial charge in [-0.05, 0) is 191 Å². The number of carbonyl (C=O) groups excluding carboxylic acids is 4. The summed E-state index contributed by atoms with van der Waals surface area (Å²) in [6.45, 7) is 44.9. The minimum atomic E-state index is -0.524. The number of nitro groups is 2. The van der Waals surface area contributed by atoms with Gasteiger partial charge in [0.1, 0.15) is 28.2 Å². The average molecular weight is 1590 g/mol. The Kier molecular flexibility index (Phi) is 33.2. The van der Waals surface area contributed by atoms with Gasteiger partial charge in [0.2, 0.25) is 0 Å². The quantitative estimate of drug-likeness (QED) is 0.0289. The number of aryl methyl sites for hydroxylation is 3. The second-order valence-electron chi connectivity index (χ2n) is 26.3. The number of nitro benzene ring substituents is 2. The number of hydrogen-bond donors (Lipinski definition) is 1. The third-order valence-electron chi connectivity index (χ3n) is 12.3. The Morgan fingerprint density at radius 3 is 1.13 bits per heavy atom. The zero-order valence-electron chi connectivity index (χ0n) is 55.4. The van der Waals surface area contributed by atoms with E-state index < -0.39 is 21.0 Å². The molecule has 4 saturated heterocycles. The van der Waals surface area contributed by atoms with E-state index in [-0.39, 0.29) is 84.4 Å². The number of ether oxygens (including phenoxy) is 7. The average Bonchev–Trinajstić information content (AvgIpc) is 3.40. The van der Waals surface area contributed by atoms with Crippen molar-refractivity contribution in [2.45, 2.75) is 209 Å². The molecule has 3 aromatic carbocycles. The Morgan fingerprint density at radius 1 is 0.539 bits per heavy atom. The van der Waals surface area contributed by atoms with Crippen LogP contribution < -0.4 is 19.9 Å². The van der Waals surface area contributed by atoms with E-state index in [2.05, 4.69) is 58.3 Å². The van der Waals surface area contributed by atoms with Crippen LogP contribution in [0, 0.1) is 47.4 Å². The van der Waals surface area contributed by atoms with Gasteiger partial charge in [0, 0.05) is 77.7 Å². The van der Waals surface area contributed by atoms with E-state index in [4.69, 9.17) is 38.9 Å². The number of hydrogen-bond acceptors (Lipinski definition) is 16. The van der Waals surface area contributed by atoms with Crippen LogP contribution in [0.3, 0.4) is 0 Å². The number of benzene rings is 3. The number of nitrogens with two attached hydrogens (primary N) is 1. The third-order valence-corrected chi connectivity index (χ3v) is 13.9. The molecule has 0 radical (unpaired) electrons. The maximum atomic E-state index is 12.0. The molecule has 4 heterocycles. The van der Waals surface area contributed by atoms with Crippen LogP contribution in [0.15, 0.2) is 40.9 Å². The van der Waals surface area contributed by atoms with Crippen molar-refractivity contribution in [2.75, 3.05) is 58.1 Å². The predicted molar refractivity (Wildman–Crippen MR) is 366 cm³/mol. The van der Waals surface area contributed by atoms with Crippen molar-refractivity contribution in [3.8, 4) is 17.2 Å². The van der Waals surface area contributed by atoms with E-state index >= 15 is 0 Å². The number of nitrogen functional groups attached to an aromatic ring is 1. The Hall–Kier alpha value is -4.70. The summed E-state index contributed by atoms with van der Waals surface area (Å²) < 4.78 is 39.2. The SMILES string of the molecule is C.CC(C)(C)OC(=O)N1CC(I)C1.CC(C)(C)OC(=O)N1C[CH-]C1.Cc1cc(N)c(OC(C)C)cc1C1CN(C(=O)OC(C)(C)C)C1.Cc1cc([N+](=O)[O-])c(OC(C)C)cc1Br.Cc1cc([N+](=O)[O-])c(OC(C)C)cc1C1CN(C(=O)OC(C)(C)C)C1.[Zn+][I]. The van der Waals surface area contributed by atoms with Gasteiger partial charge >= 0.3 is 70.3 Å². The molecule has 4 fully saturated rings. The molecular weight excluding hydrogens is 1490 g/mol. The Balaban J connectivity index is 0.000000570. The van der Waals surface area contributed by atoms with E-state index in [0.29, 0.717) is 47.5 Å². The molecule has 0 spiro atoms. The molecule has 22 nitrogen and oxygen atoms in total. The fourth-order valence-corrected chi connectivity index (χ4v) is 9.49. The van der Waals surface area contributed by atoms with E-state index in [1.54, 1.807) is 44.7 Å². The molecule has 0 unspecified atom stereocenters. The molecule has 4 aliphatic heterocycles. The monoisotopic (exact) mass is 1590 g/mol. The molecule has 3 aromatic rings. The van der Waals surface area contributed by atoms with Gasteiger partial charge in [-0.2, -0.15) is 0 Å². The van der Waals surface area contributed by atoms with Gasteiger partial charge in [-0.3, -0.25) is 26.6 Å². The van der Waals surface area contributed by atoms with Gasteiger partial charge in [-0.25, -0.2) is 19.2 Å². The number of rotatable bonds is 10. The number of nitrogens with zero attached hydrogens (tertiary/aromatic N) is 6. The molecule has 0 aromatic heterocycles. The van der Waals surface area contributed by atoms with E-state index in [9.17, 15) is 39.4 Å². The summed E-state index contributed by atoms with van der Waals surface area (Å²) in [6.07, 6.45) is 0.891. The molecule has 0 aliphatic carbocycles. The second-order valence-corrected chi connectivity index (χ2v) is 28.9. The molecule has 0 atom stereocenters. The van der Waals surface area contributed by atoms with Crippen molar-refractivity contribution in [1.82, 2.24) is 19.6 Å². The first-order valence-electron chi connectivity index (χ1n) is 29.1. The normalized spacial score (nSPS) is 14.8. The third kappa shape index (κ3) is 29.2. The van der Waals surface area contributed by atoms with Crippen LogP contribution in [0.5, 0.6) is 17.2 Å². The van der Waals surface area contributed by atoms with Crippen molar-refractivity contribution in [1.29, 1.82) is 0 Å². The zero-order chi connectivity index (χ0) is 67.7. The first kappa shape index (κ1) is 82.3. The van der Waals surface area contributed by atoms with Crippen molar-refractivity contribution in [3.05, 3.63) is 95.3 Å². The molecule has 4 aliphatic rings. The number of amides is 4. The van der Waals surface area contributed by atoms with Crippen LogP contribution in [0.1, 0.15) is 172 Å². The van der Waals surface area contributed by atoms with Crippen molar-refractivity contribution >= 4 is 99.7 Å². The number of carbonyl (C=O) groups is 4. The van der Waals surface area contributed by atoms with Gasteiger partial charge < -0.3 is 58.5 Å². The zero-order valence-corrected chi connectivity index (χ0v) is 64.3. The van der Waals surface area contributed by atoms with Gasteiger partial charge in [0.05, 0.1) is 33.8 Å². The summed E-state index contributed by atoms with van der Waals surface area (Å²) >= 11 is 9.27. The fourth-order valence-electron chi connectivity index (χ4n) is 8.22. The summed E-state index contributed by atoms with van der Waals surface area (Å²) in [5.41, 5.74) is 9.89. The van der Waals surface area contributed by atoms with Gasteiger partial charge in [0.15, 0.2) is 11.5 Å². The molecule has 2 N–H and O–H groups in total. The van der Waals surface area contributed by atoms with Gasteiger partial charge in [-0.1, -0.05) is 45.9 Å². The van der Waals surface area contributed by atoms with E-state index in [1.165, 1.54) is 26.4 Å². The van der Waals surface area contributed by atoms with Crippen LogP contribution in [0.2, 0.25) is 0 Å². The van der Waals surface area contributed by atoms with Gasteiger partial charge in [-0.15, -0.1) is 13.1 Å². The standard InChI is InChI=1S/C18H26N2O5.C18H28N2O3.C10H12BrNO3.C8H14INO2.C8H14NO2.CH4.HI.Zn/c1-11(2)24-16-8-14(12(3)7-15(16)20(22)23)13-9-19(10-13)17(21)25-18(4,5)6;1-11(2)22-16-8-14(12(3)7-15(16)19)13-9-20(10-13)17(21)23-18(4,5)6;1-6(2)15-10-5-8(11)7(3)4-9(10)12(13)14;1-8(2,3)12-7(11)10-4-6(9)5-10;1-8(2,3)11-7(10)9-5-4-6-9;;;/h7-8,11,13H,9-10H2,1-6H3;7-8,11,13H,9-10,19H2,1-6H3;4-6H,1-3H3;6H,4-5H2,1-3H3;4H,5-6H2,1-3H3;1H4;1H;/q;;;;-1;;;+2/p-1. The number of anilines is 1. The molecule has 89 heavy (non-hydrogen) atoms. The van der Waals surface area contributed by atoms with Crippen LogP contribution in [0.25, 0.3) is 0 Å².